The van der Waals surface area contributed by atoms with Gasteiger partial charge in [0.2, 0.25) is 5.91 Å². The van der Waals surface area contributed by atoms with Gasteiger partial charge in [0.25, 0.3) is 10.0 Å². The molecule has 29 heavy (non-hydrogen) atoms. The lowest BCUT2D eigenvalue weighted by atomic mass is 10.0. The topological polar surface area (TPSA) is 97.6 Å². The number of sulfonamides is 1. The number of hydrogen-bond acceptors (Lipinski definition) is 7. The van der Waals surface area contributed by atoms with Crippen molar-refractivity contribution in [2.45, 2.75) is 42.5 Å². The Labute approximate surface area is 174 Å². The molecule has 1 amide bonds. The van der Waals surface area contributed by atoms with Crippen LogP contribution < -0.4 is 0 Å². The first-order chi connectivity index (χ1) is 14.0. The summed E-state index contributed by atoms with van der Waals surface area (Å²) in [6, 6.07) is 3.24. The van der Waals surface area contributed by atoms with Crippen LogP contribution in [0.5, 0.6) is 0 Å². The minimum absolute atomic E-state index is 0.0460. The fourth-order valence-electron chi connectivity index (χ4n) is 4.06. The number of likely N-dealkylation sites (tertiary alicyclic amines) is 1. The smallest absolute Gasteiger partial charge is 0.252 e. The van der Waals surface area contributed by atoms with E-state index in [0.717, 1.165) is 30.9 Å². The molecule has 158 valence electrons. The largest absolute Gasteiger partial charge is 0.375 e. The highest BCUT2D eigenvalue weighted by Gasteiger charge is 2.34. The van der Waals surface area contributed by atoms with Gasteiger partial charge in [-0.2, -0.15) is 4.31 Å². The number of fused-ring (bicyclic) bond motifs is 1. The van der Waals surface area contributed by atoms with E-state index in [2.05, 4.69) is 10.2 Å². The number of rotatable bonds is 5. The maximum Gasteiger partial charge on any atom is 0.252 e. The molecular formula is C18H25N5O4S2. The molecule has 0 N–H and O–H groups in total. The summed E-state index contributed by atoms with van der Waals surface area (Å²) in [5.41, 5.74) is 0. The zero-order chi connectivity index (χ0) is 20.4. The van der Waals surface area contributed by atoms with Gasteiger partial charge in [-0.1, -0.05) is 6.07 Å². The van der Waals surface area contributed by atoms with Crippen LogP contribution in [0.1, 0.15) is 37.0 Å². The molecule has 0 aromatic carbocycles. The molecule has 1 fully saturated rings. The van der Waals surface area contributed by atoms with Gasteiger partial charge in [-0.05, 0) is 30.7 Å². The number of methoxy groups -OCH3 is 1. The van der Waals surface area contributed by atoms with Gasteiger partial charge in [-0.3, -0.25) is 4.79 Å². The maximum absolute atomic E-state index is 12.9. The van der Waals surface area contributed by atoms with Crippen molar-refractivity contribution in [1.29, 1.82) is 0 Å². The molecule has 1 atom stereocenters. The summed E-state index contributed by atoms with van der Waals surface area (Å²) < 4.78 is 34.7. The normalized spacial score (nSPS) is 21.0. The number of carbonyl (C=O) groups excluding carboxylic acids is 1. The Balaban J connectivity index is 1.56. The van der Waals surface area contributed by atoms with Gasteiger partial charge in [0.15, 0.2) is 5.82 Å². The number of aromatic nitrogens is 3. The standard InChI is InChI=1S/C18H25N5O4S2/c1-27-13-16(24)22-8-3-2-5-14(22)18-20-19-15-7-9-21(10-11-23(15)18)29(25,26)17-6-4-12-28-17/h4,6,12,14H,2-3,5,7-11,13H2,1H3. The quantitative estimate of drug-likeness (QED) is 0.696. The molecule has 2 aromatic heterocycles. The molecule has 2 aliphatic heterocycles. The van der Waals surface area contributed by atoms with Gasteiger partial charge < -0.3 is 14.2 Å². The number of carbonyl (C=O) groups is 1. The molecule has 2 aromatic rings. The van der Waals surface area contributed by atoms with Crippen molar-refractivity contribution in [3.8, 4) is 0 Å². The molecule has 0 bridgehead atoms. The van der Waals surface area contributed by atoms with Crippen LogP contribution in [0, 0.1) is 0 Å². The van der Waals surface area contributed by atoms with E-state index >= 15 is 0 Å². The number of ether oxygens (including phenoxy) is 1. The molecule has 0 saturated carbocycles. The third kappa shape index (κ3) is 3.96. The summed E-state index contributed by atoms with van der Waals surface area (Å²) >= 11 is 1.23. The second kappa shape index (κ2) is 8.50. The van der Waals surface area contributed by atoms with E-state index in [0.29, 0.717) is 36.8 Å². The Bertz CT molecular complexity index is 957. The van der Waals surface area contributed by atoms with Gasteiger partial charge in [0, 0.05) is 39.7 Å². The number of hydrogen-bond donors (Lipinski definition) is 0. The average molecular weight is 440 g/mol. The molecule has 9 nitrogen and oxygen atoms in total. The Morgan fingerprint density at radius 3 is 2.86 bits per heavy atom. The lowest BCUT2D eigenvalue weighted by Gasteiger charge is -2.35. The summed E-state index contributed by atoms with van der Waals surface area (Å²) in [5.74, 6) is 1.47. The van der Waals surface area contributed by atoms with Gasteiger partial charge in [-0.15, -0.1) is 21.5 Å². The van der Waals surface area contributed by atoms with Crippen LogP contribution in [0.25, 0.3) is 0 Å². The van der Waals surface area contributed by atoms with Gasteiger partial charge >= 0.3 is 0 Å². The monoisotopic (exact) mass is 439 g/mol. The highest BCUT2D eigenvalue weighted by atomic mass is 32.2. The average Bonchev–Trinajstić information content (AvgIpc) is 3.35. The van der Waals surface area contributed by atoms with Crippen LogP contribution in [0.3, 0.4) is 0 Å². The predicted molar refractivity (Wildman–Crippen MR) is 107 cm³/mol. The molecule has 1 saturated heterocycles. The molecule has 4 heterocycles. The van der Waals surface area contributed by atoms with Crippen molar-refractivity contribution < 1.29 is 17.9 Å². The van der Waals surface area contributed by atoms with E-state index in [1.807, 2.05) is 9.47 Å². The van der Waals surface area contributed by atoms with Gasteiger partial charge in [-0.25, -0.2) is 8.42 Å². The summed E-state index contributed by atoms with van der Waals surface area (Å²) in [7, 11) is -1.98. The van der Waals surface area contributed by atoms with E-state index in [1.165, 1.54) is 22.8 Å². The zero-order valence-electron chi connectivity index (χ0n) is 16.4. The van der Waals surface area contributed by atoms with Crippen LogP contribution in [-0.4, -0.2) is 71.6 Å². The zero-order valence-corrected chi connectivity index (χ0v) is 18.0. The fraction of sp³-hybridized carbons (Fsp3) is 0.611. The van der Waals surface area contributed by atoms with Crippen molar-refractivity contribution >= 4 is 27.3 Å². The van der Waals surface area contributed by atoms with Crippen LogP contribution in [-0.2, 0) is 32.5 Å². The summed E-state index contributed by atoms with van der Waals surface area (Å²) in [4.78, 5) is 14.3. The summed E-state index contributed by atoms with van der Waals surface area (Å²) in [5, 5.41) is 10.5. The number of thiophene rings is 1. The van der Waals surface area contributed by atoms with Crippen molar-refractivity contribution in [3.05, 3.63) is 29.2 Å². The number of nitrogens with zero attached hydrogens (tertiary/aromatic N) is 5. The molecule has 0 aliphatic carbocycles. The first kappa shape index (κ1) is 20.5. The van der Waals surface area contributed by atoms with E-state index in [-0.39, 0.29) is 18.6 Å². The number of amides is 1. The SMILES string of the molecule is COCC(=O)N1CCCCC1c1nnc2n1CCN(S(=O)(=O)c1cccs1)CC2. The molecule has 11 heteroatoms. The minimum atomic E-state index is -3.50. The minimum Gasteiger partial charge on any atom is -0.375 e. The highest BCUT2D eigenvalue weighted by Crippen LogP contribution is 2.31. The second-order valence-corrected chi connectivity index (χ2v) is 10.4. The lowest BCUT2D eigenvalue weighted by molar-refractivity contribution is -0.139. The van der Waals surface area contributed by atoms with E-state index in [9.17, 15) is 13.2 Å². The molecular weight excluding hydrogens is 414 g/mol. The van der Waals surface area contributed by atoms with E-state index < -0.39 is 10.0 Å². The van der Waals surface area contributed by atoms with Crippen molar-refractivity contribution in [1.82, 2.24) is 24.0 Å². The van der Waals surface area contributed by atoms with E-state index in [4.69, 9.17) is 4.74 Å². The van der Waals surface area contributed by atoms with Crippen molar-refractivity contribution in [2.24, 2.45) is 0 Å². The Morgan fingerprint density at radius 1 is 1.24 bits per heavy atom. The first-order valence-electron chi connectivity index (χ1n) is 9.76. The van der Waals surface area contributed by atoms with Crippen LogP contribution in [0.2, 0.25) is 0 Å². The molecule has 4 rings (SSSR count). The predicted octanol–water partition coefficient (Wildman–Crippen LogP) is 1.29. The van der Waals surface area contributed by atoms with E-state index in [1.54, 1.807) is 17.5 Å². The highest BCUT2D eigenvalue weighted by molar-refractivity contribution is 7.91. The Hall–Kier alpha value is -1.82. The second-order valence-electron chi connectivity index (χ2n) is 7.24. The third-order valence-electron chi connectivity index (χ3n) is 5.49. The van der Waals surface area contributed by atoms with Crippen LogP contribution in [0.15, 0.2) is 21.7 Å². The van der Waals surface area contributed by atoms with Crippen molar-refractivity contribution in [2.75, 3.05) is 33.4 Å². The summed E-state index contributed by atoms with van der Waals surface area (Å²) in [6.45, 7) is 1.93. The molecule has 0 radical (unpaired) electrons. The fourth-order valence-corrected chi connectivity index (χ4v) is 6.63. The van der Waals surface area contributed by atoms with Crippen LogP contribution >= 0.6 is 11.3 Å². The molecule has 0 spiro atoms. The Kier molecular flexibility index (Phi) is 6.00. The Morgan fingerprint density at radius 2 is 2.10 bits per heavy atom. The number of piperidine rings is 1. The maximum atomic E-state index is 12.9. The van der Waals surface area contributed by atoms with Gasteiger partial charge in [0.1, 0.15) is 16.6 Å². The van der Waals surface area contributed by atoms with Crippen molar-refractivity contribution in [3.63, 3.8) is 0 Å². The van der Waals surface area contributed by atoms with Gasteiger partial charge in [0.05, 0.1) is 6.04 Å². The molecule has 2 aliphatic rings. The molecule has 1 unspecified atom stereocenters. The lowest BCUT2D eigenvalue weighted by Crippen LogP contribution is -2.41. The third-order valence-corrected chi connectivity index (χ3v) is 8.76. The first-order valence-corrected chi connectivity index (χ1v) is 12.1. The van der Waals surface area contributed by atoms with Crippen LogP contribution in [0.4, 0.5) is 0 Å². The summed E-state index contributed by atoms with van der Waals surface area (Å²) in [6.07, 6.45) is 3.30.